The van der Waals surface area contributed by atoms with Gasteiger partial charge >= 0.3 is 0 Å². The number of phenolic OH excluding ortho intramolecular Hbond substituents is 1. The van der Waals surface area contributed by atoms with E-state index >= 15 is 0 Å². The third-order valence-electron chi connectivity index (χ3n) is 1.87. The van der Waals surface area contributed by atoms with E-state index in [-0.39, 0.29) is 18.9 Å². The largest absolute Gasteiger partial charge is 0.505 e. The highest BCUT2D eigenvalue weighted by molar-refractivity contribution is 5.33. The number of halogens is 2. The molecule has 0 aliphatic carbocycles. The van der Waals surface area contributed by atoms with E-state index in [1.165, 1.54) is 0 Å². The van der Waals surface area contributed by atoms with Gasteiger partial charge in [0.15, 0.2) is 23.1 Å². The van der Waals surface area contributed by atoms with Crippen LogP contribution in [-0.4, -0.2) is 36.5 Å². The molecule has 0 bridgehead atoms. The Hall–Kier alpha value is -1.40. The van der Waals surface area contributed by atoms with E-state index in [2.05, 4.69) is 5.32 Å². The topological polar surface area (TPSA) is 61.7 Å². The molecule has 16 heavy (non-hydrogen) atoms. The molecule has 1 unspecified atom stereocenters. The summed E-state index contributed by atoms with van der Waals surface area (Å²) in [5, 5.41) is 20.8. The molecule has 0 spiro atoms. The minimum atomic E-state index is -0.973. The van der Waals surface area contributed by atoms with Gasteiger partial charge in [0.25, 0.3) is 0 Å². The molecule has 0 radical (unpaired) electrons. The predicted octanol–water partition coefficient (Wildman–Crippen LogP) is 0.629. The maximum absolute atomic E-state index is 13.1. The lowest BCUT2D eigenvalue weighted by Crippen LogP contribution is -2.29. The Labute approximate surface area is 91.5 Å². The van der Waals surface area contributed by atoms with Crippen LogP contribution in [-0.2, 0) is 0 Å². The quantitative estimate of drug-likeness (QED) is 0.698. The molecule has 0 aliphatic rings. The Balaban J connectivity index is 2.63. The van der Waals surface area contributed by atoms with Crippen molar-refractivity contribution in [3.05, 3.63) is 23.8 Å². The monoisotopic (exact) mass is 233 g/mol. The van der Waals surface area contributed by atoms with Crippen LogP contribution >= 0.6 is 0 Å². The number of aliphatic hydroxyl groups is 1. The van der Waals surface area contributed by atoms with Gasteiger partial charge in [0.1, 0.15) is 12.7 Å². The summed E-state index contributed by atoms with van der Waals surface area (Å²) >= 11 is 0. The lowest BCUT2D eigenvalue weighted by atomic mass is 10.3. The van der Waals surface area contributed by atoms with Gasteiger partial charge in [0.05, 0.1) is 0 Å². The molecule has 0 heterocycles. The van der Waals surface area contributed by atoms with Gasteiger partial charge in [-0.05, 0) is 7.05 Å². The van der Waals surface area contributed by atoms with Crippen molar-refractivity contribution >= 4 is 0 Å². The van der Waals surface area contributed by atoms with Crippen molar-refractivity contribution in [2.24, 2.45) is 0 Å². The van der Waals surface area contributed by atoms with Crippen LogP contribution in [0.15, 0.2) is 12.1 Å². The molecule has 4 nitrogen and oxygen atoms in total. The summed E-state index contributed by atoms with van der Waals surface area (Å²) in [5.41, 5.74) is 0. The molecule has 0 fully saturated rings. The molecule has 1 rings (SSSR count). The minimum Gasteiger partial charge on any atom is -0.505 e. The molecule has 1 aromatic rings. The molecule has 3 N–H and O–H groups in total. The molecule has 1 atom stereocenters. The standard InChI is InChI=1S/C10H13F2NO3/c1-13-4-6(14)5-16-10-3-7(11)9(15)2-8(10)12/h2-3,6,13-15H,4-5H2,1H3. The van der Waals surface area contributed by atoms with Crippen molar-refractivity contribution in [3.8, 4) is 11.5 Å². The number of rotatable bonds is 5. The molecule has 0 saturated carbocycles. The van der Waals surface area contributed by atoms with E-state index < -0.39 is 23.5 Å². The molecule has 90 valence electrons. The minimum absolute atomic E-state index is 0.165. The van der Waals surface area contributed by atoms with Crippen molar-refractivity contribution in [2.45, 2.75) is 6.10 Å². The van der Waals surface area contributed by atoms with Crippen molar-refractivity contribution in [3.63, 3.8) is 0 Å². The first-order chi connectivity index (χ1) is 7.54. The number of nitrogens with one attached hydrogen (secondary N) is 1. The van der Waals surface area contributed by atoms with Gasteiger partial charge in [-0.2, -0.15) is 0 Å². The number of aliphatic hydroxyl groups excluding tert-OH is 1. The highest BCUT2D eigenvalue weighted by Crippen LogP contribution is 2.25. The van der Waals surface area contributed by atoms with Crippen LogP contribution in [0.3, 0.4) is 0 Å². The van der Waals surface area contributed by atoms with Gasteiger partial charge in [0.2, 0.25) is 0 Å². The second-order valence-electron chi connectivity index (χ2n) is 3.26. The van der Waals surface area contributed by atoms with Crippen LogP contribution in [0.1, 0.15) is 0 Å². The van der Waals surface area contributed by atoms with Crippen LogP contribution in [0.2, 0.25) is 0 Å². The first kappa shape index (κ1) is 12.7. The summed E-state index contributed by atoms with van der Waals surface area (Å²) in [6.45, 7) is 0.115. The second kappa shape index (κ2) is 5.62. The first-order valence-electron chi connectivity index (χ1n) is 4.68. The number of ether oxygens (including phenoxy) is 1. The van der Waals surface area contributed by atoms with E-state index in [0.717, 1.165) is 6.07 Å². The van der Waals surface area contributed by atoms with Crippen LogP contribution in [0.4, 0.5) is 8.78 Å². The molecular formula is C10H13F2NO3. The SMILES string of the molecule is CNCC(O)COc1cc(F)c(O)cc1F. The van der Waals surface area contributed by atoms with Gasteiger partial charge in [-0.25, -0.2) is 8.78 Å². The average Bonchev–Trinajstić information content (AvgIpc) is 2.22. The zero-order chi connectivity index (χ0) is 12.1. The fourth-order valence-corrected chi connectivity index (χ4v) is 1.11. The lowest BCUT2D eigenvalue weighted by molar-refractivity contribution is 0.105. The first-order valence-corrected chi connectivity index (χ1v) is 4.68. The fraction of sp³-hybridized carbons (Fsp3) is 0.400. The van der Waals surface area contributed by atoms with Crippen LogP contribution in [0, 0.1) is 11.6 Å². The number of likely N-dealkylation sites (N-methyl/N-ethyl adjacent to an activating group) is 1. The summed E-state index contributed by atoms with van der Waals surface area (Å²) in [6, 6.07) is 1.35. The van der Waals surface area contributed by atoms with Crippen molar-refractivity contribution in [1.82, 2.24) is 5.32 Å². The van der Waals surface area contributed by atoms with Gasteiger partial charge in [0, 0.05) is 18.7 Å². The average molecular weight is 233 g/mol. The molecule has 0 aliphatic heterocycles. The van der Waals surface area contributed by atoms with Gasteiger partial charge in [-0.15, -0.1) is 0 Å². The Kier molecular flexibility index (Phi) is 4.45. The van der Waals surface area contributed by atoms with E-state index in [1.54, 1.807) is 7.05 Å². The van der Waals surface area contributed by atoms with E-state index in [9.17, 15) is 13.9 Å². The zero-order valence-corrected chi connectivity index (χ0v) is 8.70. The third-order valence-corrected chi connectivity index (χ3v) is 1.87. The zero-order valence-electron chi connectivity index (χ0n) is 8.70. The molecule has 0 aromatic heterocycles. The molecule has 1 aromatic carbocycles. The number of hydrogen-bond donors (Lipinski definition) is 3. The molecule has 6 heteroatoms. The summed E-state index contributed by atoms with van der Waals surface area (Å²) in [6.07, 6.45) is -0.818. The Bertz CT molecular complexity index is 360. The second-order valence-corrected chi connectivity index (χ2v) is 3.26. The highest BCUT2D eigenvalue weighted by Gasteiger charge is 2.11. The Morgan fingerprint density at radius 2 is 2.06 bits per heavy atom. The predicted molar refractivity (Wildman–Crippen MR) is 53.5 cm³/mol. The molecular weight excluding hydrogens is 220 g/mol. The van der Waals surface area contributed by atoms with Crippen LogP contribution in [0.25, 0.3) is 0 Å². The molecule has 0 saturated heterocycles. The third kappa shape index (κ3) is 3.32. The Morgan fingerprint density at radius 3 is 2.69 bits per heavy atom. The summed E-state index contributed by atoms with van der Waals surface area (Å²) in [7, 11) is 1.64. The van der Waals surface area contributed by atoms with Crippen LogP contribution < -0.4 is 10.1 Å². The maximum Gasteiger partial charge on any atom is 0.168 e. The summed E-state index contributed by atoms with van der Waals surface area (Å²) in [4.78, 5) is 0. The highest BCUT2D eigenvalue weighted by atomic mass is 19.1. The van der Waals surface area contributed by atoms with Gasteiger partial charge < -0.3 is 20.3 Å². The van der Waals surface area contributed by atoms with E-state index in [4.69, 9.17) is 9.84 Å². The normalized spacial score (nSPS) is 12.5. The number of benzene rings is 1. The van der Waals surface area contributed by atoms with Crippen molar-refractivity contribution in [1.29, 1.82) is 0 Å². The summed E-state index contributed by atoms with van der Waals surface area (Å²) < 4.78 is 30.8. The van der Waals surface area contributed by atoms with E-state index in [1.807, 2.05) is 0 Å². The van der Waals surface area contributed by atoms with Gasteiger partial charge in [-0.1, -0.05) is 0 Å². The lowest BCUT2D eigenvalue weighted by Gasteiger charge is -2.12. The van der Waals surface area contributed by atoms with Gasteiger partial charge in [-0.3, -0.25) is 0 Å². The molecule has 0 amide bonds. The van der Waals surface area contributed by atoms with Crippen molar-refractivity contribution in [2.75, 3.05) is 20.2 Å². The number of hydrogen-bond acceptors (Lipinski definition) is 4. The fourth-order valence-electron chi connectivity index (χ4n) is 1.11. The maximum atomic E-state index is 13.1. The summed E-state index contributed by atoms with van der Waals surface area (Å²) in [5.74, 6) is -2.97. The van der Waals surface area contributed by atoms with Crippen molar-refractivity contribution < 1.29 is 23.7 Å². The Morgan fingerprint density at radius 1 is 1.38 bits per heavy atom. The number of aromatic hydroxyl groups is 1. The smallest absolute Gasteiger partial charge is 0.168 e. The van der Waals surface area contributed by atoms with Crippen LogP contribution in [0.5, 0.6) is 11.5 Å². The number of phenols is 1. The van der Waals surface area contributed by atoms with E-state index in [0.29, 0.717) is 6.07 Å².